The Hall–Kier alpha value is -1.25. The minimum absolute atomic E-state index is 0.312. The third-order valence-corrected chi connectivity index (χ3v) is 3.31. The standard InChI is InChI=1S/C14H12Cl2FN/c1-9-2-5-12(7-13(9)16)18-8-10-3-4-11(15)6-14(10)17/h2-7,18H,8H2,1H3. The summed E-state index contributed by atoms with van der Waals surface area (Å²) in [4.78, 5) is 0. The highest BCUT2D eigenvalue weighted by Crippen LogP contribution is 2.21. The molecule has 0 heterocycles. The van der Waals surface area contributed by atoms with E-state index in [2.05, 4.69) is 5.32 Å². The molecule has 4 heteroatoms. The van der Waals surface area contributed by atoms with Crippen molar-refractivity contribution in [2.45, 2.75) is 13.5 Å². The first kappa shape index (κ1) is 13.2. The van der Waals surface area contributed by atoms with E-state index in [0.717, 1.165) is 11.3 Å². The van der Waals surface area contributed by atoms with Gasteiger partial charge >= 0.3 is 0 Å². The number of rotatable bonds is 3. The summed E-state index contributed by atoms with van der Waals surface area (Å²) in [5.74, 6) is -0.312. The lowest BCUT2D eigenvalue weighted by atomic mass is 10.2. The highest BCUT2D eigenvalue weighted by Gasteiger charge is 2.03. The normalized spacial score (nSPS) is 10.4. The second-order valence-electron chi connectivity index (χ2n) is 4.05. The quantitative estimate of drug-likeness (QED) is 0.831. The Morgan fingerprint density at radius 1 is 1.11 bits per heavy atom. The van der Waals surface area contributed by atoms with E-state index in [0.29, 0.717) is 22.2 Å². The summed E-state index contributed by atoms with van der Waals surface area (Å²) in [5.41, 5.74) is 2.44. The van der Waals surface area contributed by atoms with Crippen molar-refractivity contribution in [2.24, 2.45) is 0 Å². The van der Waals surface area contributed by atoms with Crippen LogP contribution in [0, 0.1) is 12.7 Å². The number of benzene rings is 2. The van der Waals surface area contributed by atoms with Crippen molar-refractivity contribution in [3.63, 3.8) is 0 Å². The Labute approximate surface area is 116 Å². The van der Waals surface area contributed by atoms with Gasteiger partial charge in [-0.3, -0.25) is 0 Å². The predicted octanol–water partition coefficient (Wildman–Crippen LogP) is 5.05. The van der Waals surface area contributed by atoms with E-state index < -0.39 is 0 Å². The zero-order chi connectivity index (χ0) is 13.1. The maximum atomic E-state index is 13.5. The Bertz CT molecular complexity index is 570. The second-order valence-corrected chi connectivity index (χ2v) is 4.90. The summed E-state index contributed by atoms with van der Waals surface area (Å²) in [6.45, 7) is 2.33. The zero-order valence-electron chi connectivity index (χ0n) is 9.81. The number of anilines is 1. The van der Waals surface area contributed by atoms with Crippen LogP contribution in [0.5, 0.6) is 0 Å². The number of aryl methyl sites for hydroxylation is 1. The molecule has 18 heavy (non-hydrogen) atoms. The number of hydrogen-bond acceptors (Lipinski definition) is 1. The third-order valence-electron chi connectivity index (χ3n) is 2.67. The van der Waals surface area contributed by atoms with E-state index in [1.165, 1.54) is 6.07 Å². The van der Waals surface area contributed by atoms with Gasteiger partial charge in [0.25, 0.3) is 0 Å². The van der Waals surface area contributed by atoms with E-state index in [9.17, 15) is 4.39 Å². The van der Waals surface area contributed by atoms with Gasteiger partial charge in [0.1, 0.15) is 5.82 Å². The van der Waals surface area contributed by atoms with E-state index in [4.69, 9.17) is 23.2 Å². The van der Waals surface area contributed by atoms with Crippen LogP contribution in [0.3, 0.4) is 0 Å². The van der Waals surface area contributed by atoms with E-state index in [1.54, 1.807) is 12.1 Å². The fourth-order valence-corrected chi connectivity index (χ4v) is 1.90. The Balaban J connectivity index is 2.09. The van der Waals surface area contributed by atoms with Crippen molar-refractivity contribution < 1.29 is 4.39 Å². The van der Waals surface area contributed by atoms with Gasteiger partial charge in [0, 0.05) is 27.8 Å². The summed E-state index contributed by atoms with van der Waals surface area (Å²) in [5, 5.41) is 4.21. The lowest BCUT2D eigenvalue weighted by Crippen LogP contribution is -2.01. The molecule has 0 aromatic heterocycles. The monoisotopic (exact) mass is 283 g/mol. The van der Waals surface area contributed by atoms with Crippen molar-refractivity contribution in [1.29, 1.82) is 0 Å². The molecule has 0 radical (unpaired) electrons. The Morgan fingerprint density at radius 3 is 2.56 bits per heavy atom. The van der Waals surface area contributed by atoms with E-state index >= 15 is 0 Å². The van der Waals surface area contributed by atoms with Gasteiger partial charge in [-0.25, -0.2) is 4.39 Å². The fraction of sp³-hybridized carbons (Fsp3) is 0.143. The van der Waals surface area contributed by atoms with Crippen LogP contribution in [0.15, 0.2) is 36.4 Å². The molecule has 2 rings (SSSR count). The van der Waals surface area contributed by atoms with Crippen LogP contribution < -0.4 is 5.32 Å². The second kappa shape index (κ2) is 5.59. The smallest absolute Gasteiger partial charge is 0.129 e. The van der Waals surface area contributed by atoms with Crippen LogP contribution in [0.1, 0.15) is 11.1 Å². The maximum absolute atomic E-state index is 13.5. The fourth-order valence-electron chi connectivity index (χ4n) is 1.57. The lowest BCUT2D eigenvalue weighted by molar-refractivity contribution is 0.613. The number of hydrogen-bond donors (Lipinski definition) is 1. The molecule has 0 fully saturated rings. The summed E-state index contributed by atoms with van der Waals surface area (Å²) < 4.78 is 13.5. The van der Waals surface area contributed by atoms with E-state index in [-0.39, 0.29) is 5.82 Å². The maximum Gasteiger partial charge on any atom is 0.129 e. The topological polar surface area (TPSA) is 12.0 Å². The Morgan fingerprint density at radius 2 is 1.89 bits per heavy atom. The summed E-state index contributed by atoms with van der Waals surface area (Å²) >= 11 is 11.7. The largest absolute Gasteiger partial charge is 0.381 e. The van der Waals surface area contributed by atoms with Crippen molar-refractivity contribution in [2.75, 3.05) is 5.32 Å². The molecule has 2 aromatic carbocycles. The molecule has 1 N–H and O–H groups in total. The van der Waals surface area contributed by atoms with Gasteiger partial charge in [-0.2, -0.15) is 0 Å². The van der Waals surface area contributed by atoms with Crippen molar-refractivity contribution in [1.82, 2.24) is 0 Å². The molecule has 94 valence electrons. The molecule has 0 aliphatic heterocycles. The van der Waals surface area contributed by atoms with Crippen LogP contribution in [-0.4, -0.2) is 0 Å². The van der Waals surface area contributed by atoms with Gasteiger partial charge in [0.15, 0.2) is 0 Å². The van der Waals surface area contributed by atoms with Crippen molar-refractivity contribution in [3.8, 4) is 0 Å². The summed E-state index contributed by atoms with van der Waals surface area (Å²) in [6.07, 6.45) is 0. The number of halogens is 3. The van der Waals surface area contributed by atoms with Gasteiger partial charge in [0.2, 0.25) is 0 Å². The van der Waals surface area contributed by atoms with Crippen LogP contribution in [0.2, 0.25) is 10.0 Å². The average Bonchev–Trinajstić information content (AvgIpc) is 2.32. The highest BCUT2D eigenvalue weighted by molar-refractivity contribution is 6.31. The SMILES string of the molecule is Cc1ccc(NCc2ccc(Cl)cc2F)cc1Cl. The molecule has 0 unspecified atom stereocenters. The molecule has 0 bridgehead atoms. The van der Waals surface area contributed by atoms with Gasteiger partial charge in [-0.15, -0.1) is 0 Å². The van der Waals surface area contributed by atoms with E-state index in [1.807, 2.05) is 25.1 Å². The highest BCUT2D eigenvalue weighted by atomic mass is 35.5. The van der Waals surface area contributed by atoms with Crippen LogP contribution in [-0.2, 0) is 6.54 Å². The van der Waals surface area contributed by atoms with Crippen molar-refractivity contribution >= 4 is 28.9 Å². The summed E-state index contributed by atoms with van der Waals surface area (Å²) in [7, 11) is 0. The lowest BCUT2D eigenvalue weighted by Gasteiger charge is -2.09. The molecule has 0 aliphatic rings. The van der Waals surface area contributed by atoms with Crippen LogP contribution >= 0.6 is 23.2 Å². The predicted molar refractivity (Wildman–Crippen MR) is 74.9 cm³/mol. The molecule has 0 saturated heterocycles. The molecular weight excluding hydrogens is 272 g/mol. The summed E-state index contributed by atoms with van der Waals surface area (Å²) in [6, 6.07) is 10.3. The minimum Gasteiger partial charge on any atom is -0.381 e. The van der Waals surface area contributed by atoms with Crippen molar-refractivity contribution in [3.05, 3.63) is 63.4 Å². The minimum atomic E-state index is -0.312. The molecule has 0 atom stereocenters. The van der Waals surface area contributed by atoms with Crippen LogP contribution in [0.4, 0.5) is 10.1 Å². The molecule has 0 spiro atoms. The molecule has 0 aliphatic carbocycles. The first-order valence-electron chi connectivity index (χ1n) is 5.50. The van der Waals surface area contributed by atoms with Gasteiger partial charge < -0.3 is 5.32 Å². The molecule has 0 amide bonds. The van der Waals surface area contributed by atoms with Gasteiger partial charge in [-0.05, 0) is 36.8 Å². The number of nitrogens with one attached hydrogen (secondary N) is 1. The first-order valence-corrected chi connectivity index (χ1v) is 6.26. The third kappa shape index (κ3) is 3.15. The first-order chi connectivity index (χ1) is 8.56. The molecule has 2 aromatic rings. The van der Waals surface area contributed by atoms with Gasteiger partial charge in [-0.1, -0.05) is 35.3 Å². The van der Waals surface area contributed by atoms with Gasteiger partial charge in [0.05, 0.1) is 0 Å². The average molecular weight is 284 g/mol. The molecule has 0 saturated carbocycles. The molecule has 1 nitrogen and oxygen atoms in total. The van der Waals surface area contributed by atoms with Crippen LogP contribution in [0.25, 0.3) is 0 Å². The zero-order valence-corrected chi connectivity index (χ0v) is 11.3. The molecular formula is C14H12Cl2FN. The Kier molecular flexibility index (Phi) is 4.10.